The van der Waals surface area contributed by atoms with Crippen LogP contribution in [0.5, 0.6) is 0 Å². The number of ether oxygens (including phenoxy) is 1. The number of amides is 2. The second kappa shape index (κ2) is 12.3. The molecule has 2 aliphatic carbocycles. The minimum atomic E-state index is -1.17. The number of carbonyl (C=O) groups excluding carboxylic acids is 4. The van der Waals surface area contributed by atoms with Crippen LogP contribution in [-0.4, -0.2) is 50.2 Å². The van der Waals surface area contributed by atoms with Crippen molar-refractivity contribution in [2.24, 2.45) is 23.7 Å². The highest BCUT2D eigenvalue weighted by atomic mass is 79.9. The van der Waals surface area contributed by atoms with Crippen LogP contribution in [0.2, 0.25) is 0 Å². The summed E-state index contributed by atoms with van der Waals surface area (Å²) in [6.45, 7) is 0. The van der Waals surface area contributed by atoms with Gasteiger partial charge in [0.1, 0.15) is 5.82 Å². The van der Waals surface area contributed by atoms with E-state index in [4.69, 9.17) is 21.3 Å². The third kappa shape index (κ3) is 5.18. The summed E-state index contributed by atoms with van der Waals surface area (Å²) in [4.78, 5) is 60.2. The Kier molecular flexibility index (Phi) is 8.32. The molecule has 2 saturated carbocycles. The number of esters is 1. The van der Waals surface area contributed by atoms with E-state index < -0.39 is 23.7 Å². The summed E-state index contributed by atoms with van der Waals surface area (Å²) in [5.41, 5.74) is 2.57. The van der Waals surface area contributed by atoms with Crippen molar-refractivity contribution >= 4 is 83.6 Å². The smallest absolute Gasteiger partial charge is 0.339 e. The number of carbonyl (C=O) groups is 4. The highest BCUT2D eigenvalue weighted by Crippen LogP contribution is 2.60. The Morgan fingerprint density at radius 3 is 2.20 bits per heavy atom. The monoisotopic (exact) mass is 766 g/mol. The van der Waals surface area contributed by atoms with Gasteiger partial charge in [-0.05, 0) is 66.8 Å². The molecule has 0 spiro atoms. The van der Waals surface area contributed by atoms with Crippen molar-refractivity contribution in [1.82, 2.24) is 4.98 Å². The number of aromatic nitrogens is 1. The van der Waals surface area contributed by atoms with Crippen molar-refractivity contribution in [1.29, 1.82) is 0 Å². The lowest BCUT2D eigenvalue weighted by Crippen LogP contribution is -2.37. The van der Waals surface area contributed by atoms with Gasteiger partial charge in [0, 0.05) is 38.5 Å². The number of pyridine rings is 1. The lowest BCUT2D eigenvalue weighted by Gasteiger charge is -2.28. The Hall–Kier alpha value is -3.47. The minimum Gasteiger partial charge on any atom is -0.450 e. The van der Waals surface area contributed by atoms with E-state index in [1.54, 1.807) is 54.6 Å². The van der Waals surface area contributed by atoms with Crippen molar-refractivity contribution in [3.63, 3.8) is 0 Å². The van der Waals surface area contributed by atoms with Crippen LogP contribution in [0.3, 0.4) is 0 Å². The van der Waals surface area contributed by atoms with Crippen molar-refractivity contribution in [2.75, 3.05) is 10.8 Å². The van der Waals surface area contributed by atoms with Gasteiger partial charge in [-0.25, -0.2) is 14.2 Å². The van der Waals surface area contributed by atoms with Crippen LogP contribution in [0, 0.1) is 29.5 Å². The van der Waals surface area contributed by atoms with Gasteiger partial charge < -0.3 is 4.74 Å². The molecule has 2 bridgehead atoms. The second-order valence-electron chi connectivity index (χ2n) is 11.9. The summed E-state index contributed by atoms with van der Waals surface area (Å²) < 4.78 is 19.2. The SMILES string of the molecule is O=C(OC(CCCl)C(=O)c1ccc(F)cc1)c1cc(-c2ccc(N3C(=O)C4C5CC(C(Br)C5Br)C4C3=O)cc2)nc2ccccc12. The fraction of sp³-hybridized carbons (Fsp3) is 0.286. The summed E-state index contributed by atoms with van der Waals surface area (Å²) in [7, 11) is 0. The van der Waals surface area contributed by atoms with Crippen LogP contribution in [-0.2, 0) is 14.3 Å². The molecule has 7 nitrogen and oxygen atoms in total. The van der Waals surface area contributed by atoms with Crippen LogP contribution in [0.4, 0.5) is 10.1 Å². The number of hydrogen-bond donors (Lipinski definition) is 0. The predicted octanol–water partition coefficient (Wildman–Crippen LogP) is 7.36. The topological polar surface area (TPSA) is 93.6 Å². The first kappa shape index (κ1) is 31.1. The van der Waals surface area contributed by atoms with Crippen molar-refractivity contribution in [3.05, 3.63) is 95.8 Å². The lowest BCUT2D eigenvalue weighted by atomic mass is 9.81. The molecule has 234 valence electrons. The Morgan fingerprint density at radius 1 is 0.935 bits per heavy atom. The zero-order chi connectivity index (χ0) is 32.3. The summed E-state index contributed by atoms with van der Waals surface area (Å²) in [6, 6.07) is 20.7. The first-order valence-electron chi connectivity index (χ1n) is 14.9. The van der Waals surface area contributed by atoms with Crippen LogP contribution < -0.4 is 4.90 Å². The Balaban J connectivity index is 1.17. The molecule has 11 heteroatoms. The molecule has 4 aromatic rings. The number of imide groups is 1. The number of nitrogens with zero attached hydrogens (tertiary/aromatic N) is 2. The molecule has 0 N–H and O–H groups in total. The highest BCUT2D eigenvalue weighted by molar-refractivity contribution is 9.12. The van der Waals surface area contributed by atoms with E-state index in [9.17, 15) is 23.6 Å². The largest absolute Gasteiger partial charge is 0.450 e. The first-order chi connectivity index (χ1) is 22.2. The quantitative estimate of drug-likeness (QED) is 0.0806. The molecule has 2 heterocycles. The van der Waals surface area contributed by atoms with Gasteiger partial charge in [-0.1, -0.05) is 62.2 Å². The van der Waals surface area contributed by atoms with E-state index in [-0.39, 0.29) is 68.6 Å². The average Bonchev–Trinajstić information content (AvgIpc) is 3.68. The molecule has 7 rings (SSSR count). The number of para-hydroxylation sites is 1. The van der Waals surface area contributed by atoms with E-state index in [1.807, 2.05) is 0 Å². The van der Waals surface area contributed by atoms with Crippen molar-refractivity contribution in [3.8, 4) is 11.3 Å². The van der Waals surface area contributed by atoms with Gasteiger partial charge in [0.2, 0.25) is 17.6 Å². The van der Waals surface area contributed by atoms with Crippen LogP contribution >= 0.6 is 43.5 Å². The molecule has 2 amide bonds. The van der Waals surface area contributed by atoms with Crippen LogP contribution in [0.15, 0.2) is 78.9 Å². The van der Waals surface area contributed by atoms with E-state index in [1.165, 1.54) is 29.2 Å². The Labute approximate surface area is 285 Å². The average molecular weight is 769 g/mol. The van der Waals surface area contributed by atoms with E-state index >= 15 is 0 Å². The molecular formula is C35H26Br2ClFN2O5. The molecule has 3 fully saturated rings. The van der Waals surface area contributed by atoms with Gasteiger partial charge in [-0.2, -0.15) is 0 Å². The van der Waals surface area contributed by atoms with Gasteiger partial charge in [0.05, 0.1) is 34.3 Å². The fourth-order valence-corrected chi connectivity index (χ4v) is 9.28. The minimum absolute atomic E-state index is 0.0672. The Bertz CT molecular complexity index is 1860. The fourth-order valence-electron chi connectivity index (χ4n) is 7.21. The number of anilines is 1. The summed E-state index contributed by atoms with van der Waals surface area (Å²) >= 11 is 13.4. The summed E-state index contributed by atoms with van der Waals surface area (Å²) in [6.07, 6.45) is -0.239. The summed E-state index contributed by atoms with van der Waals surface area (Å²) in [5, 5.41) is 0.538. The molecule has 1 saturated heterocycles. The van der Waals surface area contributed by atoms with E-state index in [2.05, 4.69) is 31.9 Å². The highest BCUT2D eigenvalue weighted by Gasteiger charge is 2.66. The zero-order valence-electron chi connectivity index (χ0n) is 24.1. The van der Waals surface area contributed by atoms with Gasteiger partial charge in [-0.15, -0.1) is 11.6 Å². The second-order valence-corrected chi connectivity index (χ2v) is 14.4. The lowest BCUT2D eigenvalue weighted by molar-refractivity contribution is -0.123. The molecule has 7 unspecified atom stereocenters. The molecular weight excluding hydrogens is 743 g/mol. The predicted molar refractivity (Wildman–Crippen MR) is 179 cm³/mol. The maximum atomic E-state index is 13.6. The number of ketones is 1. The van der Waals surface area contributed by atoms with Gasteiger partial charge in [-0.3, -0.25) is 19.3 Å². The molecule has 3 aliphatic rings. The molecule has 1 aliphatic heterocycles. The van der Waals surface area contributed by atoms with E-state index in [0.29, 0.717) is 27.8 Å². The number of fused-ring (bicyclic) bond motifs is 6. The molecule has 7 atom stereocenters. The standard InChI is InChI=1S/C35H26Br2ClFN2O5/c36-30-23-15-24(31(30)37)29-28(23)33(43)41(34(29)44)20-11-7-17(8-12-20)26-16-22(21-3-1-2-4-25(21)40-26)35(45)46-27(13-14-38)32(42)18-5-9-19(39)10-6-18/h1-12,16,23-24,27-31H,13-15H2. The van der Waals surface area contributed by atoms with Gasteiger partial charge >= 0.3 is 5.97 Å². The number of hydrogen-bond acceptors (Lipinski definition) is 6. The molecule has 0 radical (unpaired) electrons. The zero-order valence-corrected chi connectivity index (χ0v) is 28.0. The maximum absolute atomic E-state index is 13.6. The summed E-state index contributed by atoms with van der Waals surface area (Å²) in [5.74, 6) is -2.34. The van der Waals surface area contributed by atoms with Crippen LogP contribution in [0.25, 0.3) is 22.2 Å². The van der Waals surface area contributed by atoms with E-state index in [0.717, 1.165) is 6.42 Å². The molecule has 46 heavy (non-hydrogen) atoms. The number of alkyl halides is 3. The van der Waals surface area contributed by atoms with Crippen molar-refractivity contribution in [2.45, 2.75) is 28.6 Å². The normalized spacial score (nSPS) is 25.6. The number of benzene rings is 3. The number of rotatable bonds is 8. The Morgan fingerprint density at radius 2 is 1.57 bits per heavy atom. The molecule has 1 aromatic heterocycles. The third-order valence-corrected chi connectivity index (χ3v) is 12.8. The first-order valence-corrected chi connectivity index (χ1v) is 17.3. The van der Waals surface area contributed by atoms with Gasteiger partial charge in [0.25, 0.3) is 0 Å². The van der Waals surface area contributed by atoms with Crippen LogP contribution in [0.1, 0.15) is 33.6 Å². The third-order valence-electron chi connectivity index (χ3n) is 9.39. The van der Waals surface area contributed by atoms with Crippen molar-refractivity contribution < 1.29 is 28.3 Å². The van der Waals surface area contributed by atoms with Gasteiger partial charge in [0.15, 0.2) is 6.10 Å². The number of Topliss-reactive ketones (excluding diaryl/α,β-unsaturated/α-hetero) is 1. The number of halogens is 4. The molecule has 3 aromatic carbocycles. The maximum Gasteiger partial charge on any atom is 0.339 e.